The Morgan fingerprint density at radius 3 is 2.35 bits per heavy atom. The van der Waals surface area contributed by atoms with Crippen LogP contribution in [-0.2, 0) is 0 Å². The van der Waals surface area contributed by atoms with E-state index in [-0.39, 0.29) is 5.82 Å². The van der Waals surface area contributed by atoms with Gasteiger partial charge in [0, 0.05) is 5.69 Å². The summed E-state index contributed by atoms with van der Waals surface area (Å²) in [5.41, 5.74) is 10.1. The van der Waals surface area contributed by atoms with E-state index in [9.17, 15) is 4.39 Å². The molecule has 0 bridgehead atoms. The van der Waals surface area contributed by atoms with Crippen LogP contribution in [0, 0.1) is 5.82 Å². The smallest absolute Gasteiger partial charge is 0.123 e. The molecule has 0 spiro atoms. The molecule has 17 heavy (non-hydrogen) atoms. The molecule has 0 atom stereocenters. The van der Waals surface area contributed by atoms with Gasteiger partial charge in [0.1, 0.15) is 5.82 Å². The molecule has 86 valence electrons. The van der Waals surface area contributed by atoms with Gasteiger partial charge in [0.25, 0.3) is 0 Å². The summed E-state index contributed by atoms with van der Waals surface area (Å²) in [6.07, 6.45) is 2.50. The SMILES string of the molecule is Nc1ccc(C2CC2)c(-c2ccc(F)cc2)c1. The molecule has 0 radical (unpaired) electrons. The third-order valence-electron chi connectivity index (χ3n) is 3.25. The standard InChI is InChI=1S/C15H14FN/c16-12-5-3-11(4-6-12)15-9-13(17)7-8-14(15)10-1-2-10/h3-10H,1-2,17H2. The zero-order valence-corrected chi connectivity index (χ0v) is 9.49. The number of hydrogen-bond acceptors (Lipinski definition) is 1. The van der Waals surface area contributed by atoms with Gasteiger partial charge in [-0.3, -0.25) is 0 Å². The molecule has 1 nitrogen and oxygen atoms in total. The molecular formula is C15H14FN. The number of benzene rings is 2. The molecule has 2 N–H and O–H groups in total. The lowest BCUT2D eigenvalue weighted by Crippen LogP contribution is -1.91. The quantitative estimate of drug-likeness (QED) is 0.772. The minimum Gasteiger partial charge on any atom is -0.399 e. The van der Waals surface area contributed by atoms with Gasteiger partial charge in [-0.05, 0) is 59.7 Å². The van der Waals surface area contributed by atoms with Gasteiger partial charge in [-0.15, -0.1) is 0 Å². The number of rotatable bonds is 2. The van der Waals surface area contributed by atoms with Crippen LogP contribution in [0.1, 0.15) is 24.3 Å². The van der Waals surface area contributed by atoms with Crippen LogP contribution in [0.25, 0.3) is 11.1 Å². The Morgan fingerprint density at radius 2 is 1.71 bits per heavy atom. The van der Waals surface area contributed by atoms with Crippen LogP contribution < -0.4 is 5.73 Å². The minimum absolute atomic E-state index is 0.203. The van der Waals surface area contributed by atoms with E-state index in [1.165, 1.54) is 30.5 Å². The lowest BCUT2D eigenvalue weighted by molar-refractivity contribution is 0.628. The molecular weight excluding hydrogens is 213 g/mol. The maximum absolute atomic E-state index is 12.9. The molecule has 1 aliphatic carbocycles. The topological polar surface area (TPSA) is 26.0 Å². The van der Waals surface area contributed by atoms with E-state index in [1.807, 2.05) is 24.3 Å². The van der Waals surface area contributed by atoms with Crippen LogP contribution in [-0.4, -0.2) is 0 Å². The number of halogens is 1. The van der Waals surface area contributed by atoms with Gasteiger partial charge < -0.3 is 5.73 Å². The van der Waals surface area contributed by atoms with Crippen molar-refractivity contribution in [2.24, 2.45) is 0 Å². The number of hydrogen-bond donors (Lipinski definition) is 1. The summed E-state index contributed by atoms with van der Waals surface area (Å²) in [7, 11) is 0. The van der Waals surface area contributed by atoms with Gasteiger partial charge in [0.15, 0.2) is 0 Å². The minimum atomic E-state index is -0.203. The Bertz CT molecular complexity index is 541. The Balaban J connectivity index is 2.11. The first-order valence-corrected chi connectivity index (χ1v) is 5.89. The van der Waals surface area contributed by atoms with Crippen molar-refractivity contribution < 1.29 is 4.39 Å². The third kappa shape index (κ3) is 2.03. The Labute approximate surface area is 100 Å². The van der Waals surface area contributed by atoms with Crippen molar-refractivity contribution in [3.8, 4) is 11.1 Å². The van der Waals surface area contributed by atoms with Crippen molar-refractivity contribution in [3.05, 3.63) is 53.8 Å². The summed E-state index contributed by atoms with van der Waals surface area (Å²) in [5.74, 6) is 0.460. The van der Waals surface area contributed by atoms with Crippen LogP contribution in [0.4, 0.5) is 10.1 Å². The Hall–Kier alpha value is -1.83. The van der Waals surface area contributed by atoms with Crippen molar-refractivity contribution in [2.45, 2.75) is 18.8 Å². The van der Waals surface area contributed by atoms with Crippen molar-refractivity contribution in [1.29, 1.82) is 0 Å². The molecule has 2 heteroatoms. The van der Waals surface area contributed by atoms with Gasteiger partial charge in [-0.1, -0.05) is 18.2 Å². The summed E-state index contributed by atoms with van der Waals surface area (Å²) < 4.78 is 12.9. The van der Waals surface area contributed by atoms with E-state index in [0.717, 1.165) is 16.8 Å². The summed E-state index contributed by atoms with van der Waals surface area (Å²) >= 11 is 0. The summed E-state index contributed by atoms with van der Waals surface area (Å²) in [6, 6.07) is 12.7. The largest absolute Gasteiger partial charge is 0.399 e. The molecule has 3 rings (SSSR count). The second kappa shape index (κ2) is 3.88. The number of nitrogen functional groups attached to an aromatic ring is 1. The monoisotopic (exact) mass is 227 g/mol. The molecule has 0 saturated heterocycles. The highest BCUT2D eigenvalue weighted by Gasteiger charge is 2.26. The molecule has 0 heterocycles. The van der Waals surface area contributed by atoms with E-state index in [1.54, 1.807) is 0 Å². The lowest BCUT2D eigenvalue weighted by atomic mass is 9.96. The van der Waals surface area contributed by atoms with Crippen molar-refractivity contribution in [3.63, 3.8) is 0 Å². The van der Waals surface area contributed by atoms with Crippen molar-refractivity contribution in [1.82, 2.24) is 0 Å². The second-order valence-corrected chi connectivity index (χ2v) is 4.63. The maximum atomic E-state index is 12.9. The second-order valence-electron chi connectivity index (χ2n) is 4.63. The molecule has 0 amide bonds. The van der Waals surface area contributed by atoms with E-state index < -0.39 is 0 Å². The fourth-order valence-corrected chi connectivity index (χ4v) is 2.20. The fraction of sp³-hybridized carbons (Fsp3) is 0.200. The molecule has 0 aliphatic heterocycles. The van der Waals surface area contributed by atoms with Gasteiger partial charge >= 0.3 is 0 Å². The summed E-state index contributed by atoms with van der Waals surface area (Å²) in [6.45, 7) is 0. The van der Waals surface area contributed by atoms with Crippen LogP contribution in [0.3, 0.4) is 0 Å². The number of anilines is 1. The normalized spacial score (nSPS) is 14.9. The lowest BCUT2D eigenvalue weighted by Gasteiger charge is -2.10. The van der Waals surface area contributed by atoms with Gasteiger partial charge in [0.05, 0.1) is 0 Å². The summed E-state index contributed by atoms with van der Waals surface area (Å²) in [5, 5.41) is 0. The first kappa shape index (κ1) is 10.3. The number of nitrogens with two attached hydrogens (primary N) is 1. The van der Waals surface area contributed by atoms with Crippen LogP contribution in [0.5, 0.6) is 0 Å². The predicted octanol–water partition coefficient (Wildman–Crippen LogP) is 3.95. The highest BCUT2D eigenvalue weighted by molar-refractivity contribution is 5.72. The fourth-order valence-electron chi connectivity index (χ4n) is 2.20. The van der Waals surface area contributed by atoms with E-state index in [2.05, 4.69) is 6.07 Å². The Morgan fingerprint density at radius 1 is 1.00 bits per heavy atom. The maximum Gasteiger partial charge on any atom is 0.123 e. The van der Waals surface area contributed by atoms with E-state index in [0.29, 0.717) is 5.92 Å². The van der Waals surface area contributed by atoms with Crippen molar-refractivity contribution in [2.75, 3.05) is 5.73 Å². The van der Waals surface area contributed by atoms with E-state index in [4.69, 9.17) is 5.73 Å². The third-order valence-corrected chi connectivity index (χ3v) is 3.25. The molecule has 1 fully saturated rings. The van der Waals surface area contributed by atoms with Gasteiger partial charge in [0.2, 0.25) is 0 Å². The zero-order valence-electron chi connectivity index (χ0n) is 9.49. The van der Waals surface area contributed by atoms with Crippen LogP contribution >= 0.6 is 0 Å². The van der Waals surface area contributed by atoms with E-state index >= 15 is 0 Å². The molecule has 0 aromatic heterocycles. The average molecular weight is 227 g/mol. The molecule has 2 aromatic carbocycles. The first-order chi connectivity index (χ1) is 8.24. The van der Waals surface area contributed by atoms with Crippen LogP contribution in [0.15, 0.2) is 42.5 Å². The van der Waals surface area contributed by atoms with Crippen molar-refractivity contribution >= 4 is 5.69 Å². The van der Waals surface area contributed by atoms with Crippen LogP contribution in [0.2, 0.25) is 0 Å². The first-order valence-electron chi connectivity index (χ1n) is 5.89. The average Bonchev–Trinajstić information content (AvgIpc) is 3.14. The van der Waals surface area contributed by atoms with Gasteiger partial charge in [-0.2, -0.15) is 0 Å². The highest BCUT2D eigenvalue weighted by Crippen LogP contribution is 2.44. The Kier molecular flexibility index (Phi) is 2.36. The summed E-state index contributed by atoms with van der Waals surface area (Å²) in [4.78, 5) is 0. The van der Waals surface area contributed by atoms with Gasteiger partial charge in [-0.25, -0.2) is 4.39 Å². The molecule has 1 saturated carbocycles. The molecule has 1 aliphatic rings. The zero-order chi connectivity index (χ0) is 11.8. The molecule has 0 unspecified atom stereocenters. The highest BCUT2D eigenvalue weighted by atomic mass is 19.1. The molecule has 2 aromatic rings. The predicted molar refractivity (Wildman–Crippen MR) is 68.2 cm³/mol.